The van der Waals surface area contributed by atoms with E-state index in [2.05, 4.69) is 15.1 Å². The molecule has 0 atom stereocenters. The number of nitrogens with one attached hydrogen (secondary N) is 1. The maximum absolute atomic E-state index is 10.7. The Labute approximate surface area is 206 Å². The van der Waals surface area contributed by atoms with Gasteiger partial charge in [0.05, 0.1) is 11.1 Å². The summed E-state index contributed by atoms with van der Waals surface area (Å²) in [5.41, 5.74) is 3.22. The third kappa shape index (κ3) is 5.49. The first kappa shape index (κ1) is 23.3. The second-order valence-corrected chi connectivity index (χ2v) is 7.61. The summed E-state index contributed by atoms with van der Waals surface area (Å²) in [5, 5.41) is 16.2. The number of aryl methyl sites for hydroxylation is 1. The number of aromatic nitrogens is 3. The summed E-state index contributed by atoms with van der Waals surface area (Å²) in [4.78, 5) is 18.4. The van der Waals surface area contributed by atoms with Crippen LogP contribution in [0.3, 0.4) is 0 Å². The summed E-state index contributed by atoms with van der Waals surface area (Å²) in [7, 11) is 0. The average Bonchev–Trinajstić information content (AvgIpc) is 3.33. The number of carboxylic acids is 1. The maximum atomic E-state index is 10.7. The smallest absolute Gasteiger partial charge is 0.550 e. The first-order chi connectivity index (χ1) is 14.4. The zero-order chi connectivity index (χ0) is 21.3. The average molecular weight is 448 g/mol. The van der Waals surface area contributed by atoms with E-state index in [1.54, 1.807) is 12.1 Å². The fraction of sp³-hybridized carbons (Fsp3) is 0.227. The topological polar surface area (TPSA) is 104 Å². The van der Waals surface area contributed by atoms with Crippen molar-refractivity contribution in [3.8, 4) is 28.6 Å². The van der Waals surface area contributed by atoms with Gasteiger partial charge in [-0.2, -0.15) is 4.98 Å². The number of nitrogens with zero attached hydrogens (tertiary/aromatic N) is 2. The molecular formula is C22H19ClN3NaO4. The van der Waals surface area contributed by atoms with Crippen LogP contribution in [0.15, 0.2) is 47.0 Å². The standard InChI is InChI=1S/C22H20ClN3O4.Na/c1-12(2)29-19-7-4-14(11-17(19)23)22-25-21(26-30-22)13-3-6-18-15(9-13)10-16(24-18)5-8-20(27)28;/h3-4,6-7,9-12,24H,5,8H2,1-2H3,(H,27,28);/q;+1/p-1. The molecule has 0 amide bonds. The van der Waals surface area contributed by atoms with Gasteiger partial charge < -0.3 is 24.1 Å². The van der Waals surface area contributed by atoms with Crippen LogP contribution in [0.1, 0.15) is 26.0 Å². The SMILES string of the molecule is CC(C)Oc1ccc(-c2nc(-c3ccc4[nH]c(CCC(=O)[O-])cc4c3)no2)cc1Cl.[Na+]. The zero-order valence-electron chi connectivity index (χ0n) is 17.4. The van der Waals surface area contributed by atoms with E-state index in [-0.39, 0.29) is 42.1 Å². The molecule has 0 saturated carbocycles. The van der Waals surface area contributed by atoms with Crippen LogP contribution in [0, 0.1) is 0 Å². The molecule has 9 heteroatoms. The van der Waals surface area contributed by atoms with Crippen molar-refractivity contribution in [3.63, 3.8) is 0 Å². The zero-order valence-corrected chi connectivity index (χ0v) is 20.2. The van der Waals surface area contributed by atoms with Crippen LogP contribution >= 0.6 is 11.6 Å². The van der Waals surface area contributed by atoms with Crippen molar-refractivity contribution >= 4 is 28.5 Å². The van der Waals surface area contributed by atoms with Crippen LogP contribution in [0.4, 0.5) is 0 Å². The molecule has 0 aliphatic carbocycles. The van der Waals surface area contributed by atoms with Gasteiger partial charge >= 0.3 is 29.6 Å². The molecule has 0 spiro atoms. The Hall–Kier alpha value is -2.32. The third-order valence-corrected chi connectivity index (χ3v) is 4.80. The van der Waals surface area contributed by atoms with Crippen molar-refractivity contribution in [1.82, 2.24) is 15.1 Å². The molecule has 7 nitrogen and oxygen atoms in total. The summed E-state index contributed by atoms with van der Waals surface area (Å²) in [6.07, 6.45) is 0.376. The largest absolute Gasteiger partial charge is 1.00 e. The molecule has 0 aliphatic heterocycles. The van der Waals surface area contributed by atoms with Gasteiger partial charge in [-0.1, -0.05) is 16.8 Å². The number of carboxylic acid groups (broad SMARTS) is 1. The molecule has 0 bridgehead atoms. The summed E-state index contributed by atoms with van der Waals surface area (Å²) in [6.45, 7) is 3.87. The van der Waals surface area contributed by atoms with Crippen LogP contribution in [-0.2, 0) is 11.2 Å². The Morgan fingerprint density at radius 2 is 1.97 bits per heavy atom. The van der Waals surface area contributed by atoms with Crippen LogP contribution in [0.2, 0.25) is 5.02 Å². The first-order valence-corrected chi connectivity index (χ1v) is 9.89. The minimum atomic E-state index is -1.07. The van der Waals surface area contributed by atoms with Crippen LogP contribution < -0.4 is 39.4 Å². The molecule has 0 radical (unpaired) electrons. The van der Waals surface area contributed by atoms with Gasteiger partial charge in [0.25, 0.3) is 5.89 Å². The fourth-order valence-electron chi connectivity index (χ4n) is 3.14. The number of ether oxygens (including phenoxy) is 1. The minimum absolute atomic E-state index is 0. The van der Waals surface area contributed by atoms with Gasteiger partial charge in [-0.25, -0.2) is 0 Å². The molecule has 2 aromatic heterocycles. The van der Waals surface area contributed by atoms with E-state index in [0.29, 0.717) is 34.5 Å². The Balaban J connectivity index is 0.00000272. The van der Waals surface area contributed by atoms with Gasteiger partial charge in [-0.3, -0.25) is 0 Å². The third-order valence-electron chi connectivity index (χ3n) is 4.50. The Bertz CT molecular complexity index is 1220. The summed E-state index contributed by atoms with van der Waals surface area (Å²) >= 11 is 6.30. The minimum Gasteiger partial charge on any atom is -0.550 e. The van der Waals surface area contributed by atoms with Crippen molar-refractivity contribution in [3.05, 3.63) is 53.2 Å². The monoisotopic (exact) mass is 447 g/mol. The van der Waals surface area contributed by atoms with Crippen LogP contribution in [0.25, 0.3) is 33.7 Å². The van der Waals surface area contributed by atoms with Gasteiger partial charge in [0, 0.05) is 33.7 Å². The van der Waals surface area contributed by atoms with Crippen molar-refractivity contribution < 1.29 is 48.7 Å². The second kappa shape index (κ2) is 9.87. The normalized spacial score (nSPS) is 11.0. The number of fused-ring (bicyclic) bond motifs is 1. The number of benzene rings is 2. The number of rotatable bonds is 7. The molecule has 154 valence electrons. The molecule has 2 aromatic carbocycles. The van der Waals surface area contributed by atoms with Crippen molar-refractivity contribution in [2.24, 2.45) is 0 Å². The molecule has 4 rings (SSSR count). The van der Waals surface area contributed by atoms with E-state index in [4.69, 9.17) is 20.9 Å². The van der Waals surface area contributed by atoms with Gasteiger partial charge in [0.2, 0.25) is 5.82 Å². The summed E-state index contributed by atoms with van der Waals surface area (Å²) < 4.78 is 11.1. The molecule has 31 heavy (non-hydrogen) atoms. The van der Waals surface area contributed by atoms with Gasteiger partial charge in [-0.05, 0) is 69.2 Å². The van der Waals surface area contributed by atoms with Crippen LogP contribution in [-0.4, -0.2) is 27.2 Å². The molecule has 0 unspecified atom stereocenters. The summed E-state index contributed by atoms with van der Waals surface area (Å²) in [5.74, 6) is 0.329. The quantitative estimate of drug-likeness (QED) is 0.424. The fourth-order valence-corrected chi connectivity index (χ4v) is 3.37. The Kier molecular flexibility index (Phi) is 7.43. The van der Waals surface area contributed by atoms with Crippen molar-refractivity contribution in [2.45, 2.75) is 32.8 Å². The van der Waals surface area contributed by atoms with E-state index in [0.717, 1.165) is 22.2 Å². The molecule has 0 aliphatic rings. The van der Waals surface area contributed by atoms with E-state index in [1.807, 2.05) is 44.2 Å². The van der Waals surface area contributed by atoms with Gasteiger partial charge in [0.15, 0.2) is 0 Å². The van der Waals surface area contributed by atoms with Gasteiger partial charge in [0.1, 0.15) is 5.75 Å². The number of aromatic amines is 1. The van der Waals surface area contributed by atoms with Crippen molar-refractivity contribution in [1.29, 1.82) is 0 Å². The van der Waals surface area contributed by atoms with E-state index >= 15 is 0 Å². The molecular weight excluding hydrogens is 429 g/mol. The Morgan fingerprint density at radius 1 is 1.19 bits per heavy atom. The molecule has 1 N–H and O–H groups in total. The van der Waals surface area contributed by atoms with Gasteiger partial charge in [-0.15, -0.1) is 0 Å². The first-order valence-electron chi connectivity index (χ1n) is 9.51. The molecule has 0 fully saturated rings. The van der Waals surface area contributed by atoms with E-state index < -0.39 is 5.97 Å². The number of hydrogen-bond acceptors (Lipinski definition) is 6. The van der Waals surface area contributed by atoms with E-state index in [1.165, 1.54) is 0 Å². The van der Waals surface area contributed by atoms with Crippen molar-refractivity contribution in [2.75, 3.05) is 0 Å². The second-order valence-electron chi connectivity index (χ2n) is 7.20. The summed E-state index contributed by atoms with van der Waals surface area (Å²) in [6, 6.07) is 12.9. The molecule has 0 saturated heterocycles. The number of hydrogen-bond donors (Lipinski definition) is 1. The number of carbonyl (C=O) groups excluding carboxylic acids is 1. The number of carbonyl (C=O) groups is 1. The molecule has 4 aromatic rings. The van der Waals surface area contributed by atoms with Crippen LogP contribution in [0.5, 0.6) is 5.75 Å². The molecule has 2 heterocycles. The number of aliphatic carboxylic acids is 1. The number of halogens is 1. The maximum Gasteiger partial charge on any atom is 1.00 e. The Morgan fingerprint density at radius 3 is 2.68 bits per heavy atom. The predicted molar refractivity (Wildman–Crippen MR) is 111 cm³/mol. The van der Waals surface area contributed by atoms with E-state index in [9.17, 15) is 9.90 Å². The number of H-pyrrole nitrogens is 1. The predicted octanol–water partition coefficient (Wildman–Crippen LogP) is 1.01.